The van der Waals surface area contributed by atoms with E-state index in [2.05, 4.69) is 0 Å². The van der Waals surface area contributed by atoms with Gasteiger partial charge in [-0.3, -0.25) is 9.69 Å². The number of hydrogen-bond donors (Lipinski definition) is 0. The number of amides is 1. The predicted molar refractivity (Wildman–Crippen MR) is 117 cm³/mol. The van der Waals surface area contributed by atoms with Gasteiger partial charge in [0.25, 0.3) is 0 Å². The molecule has 12 heteroatoms. The molecule has 0 N–H and O–H groups in total. The maximum absolute atomic E-state index is 13.5. The summed E-state index contributed by atoms with van der Waals surface area (Å²) in [7, 11) is 2.66. The Morgan fingerprint density at radius 3 is 1.92 bits per heavy atom. The van der Waals surface area contributed by atoms with Crippen LogP contribution in [-0.4, -0.2) is 38.7 Å². The number of Topliss-reactive ketones (excluding diaryl/α,β-unsaturated/α-hetero) is 1. The van der Waals surface area contributed by atoms with Crippen LogP contribution in [0.15, 0.2) is 30.3 Å². The molecule has 1 aliphatic heterocycles. The van der Waals surface area contributed by atoms with E-state index in [1.54, 1.807) is 13.8 Å². The number of alkyl halides is 6. The van der Waals surface area contributed by atoms with Crippen LogP contribution >= 0.6 is 0 Å². The van der Waals surface area contributed by atoms with Gasteiger partial charge in [0.1, 0.15) is 0 Å². The molecule has 0 unspecified atom stereocenters. The molecule has 196 valence electrons. The van der Waals surface area contributed by atoms with Crippen molar-refractivity contribution in [2.75, 3.05) is 25.7 Å². The van der Waals surface area contributed by atoms with E-state index in [4.69, 9.17) is 14.2 Å². The van der Waals surface area contributed by atoms with Crippen LogP contribution in [0.4, 0.5) is 36.8 Å². The van der Waals surface area contributed by atoms with Gasteiger partial charge in [-0.15, -0.1) is 0 Å². The van der Waals surface area contributed by atoms with Crippen LogP contribution in [0.1, 0.15) is 53.2 Å². The van der Waals surface area contributed by atoms with Crippen LogP contribution in [0, 0.1) is 0 Å². The van der Waals surface area contributed by atoms with Crippen LogP contribution in [0.2, 0.25) is 0 Å². The van der Waals surface area contributed by atoms with Crippen molar-refractivity contribution in [2.45, 2.75) is 44.6 Å². The highest BCUT2D eigenvalue weighted by Crippen LogP contribution is 2.46. The van der Waals surface area contributed by atoms with Gasteiger partial charge in [-0.05, 0) is 50.1 Å². The first-order valence-electron chi connectivity index (χ1n) is 10.8. The first-order valence-corrected chi connectivity index (χ1v) is 10.8. The van der Waals surface area contributed by atoms with E-state index in [1.807, 2.05) is 0 Å². The van der Waals surface area contributed by atoms with E-state index < -0.39 is 52.9 Å². The highest BCUT2D eigenvalue weighted by Gasteiger charge is 2.42. The van der Waals surface area contributed by atoms with E-state index in [0.29, 0.717) is 12.1 Å². The minimum absolute atomic E-state index is 0.0371. The number of benzene rings is 2. The Bertz CT molecular complexity index is 1130. The molecule has 0 aromatic heterocycles. The largest absolute Gasteiger partial charge is 0.493 e. The molecule has 1 amide bonds. The van der Waals surface area contributed by atoms with E-state index in [1.165, 1.54) is 31.3 Å². The van der Waals surface area contributed by atoms with E-state index in [9.17, 15) is 35.9 Å². The van der Waals surface area contributed by atoms with Gasteiger partial charge in [-0.1, -0.05) is 0 Å². The maximum Gasteiger partial charge on any atom is 0.416 e. The Morgan fingerprint density at radius 2 is 1.44 bits per heavy atom. The van der Waals surface area contributed by atoms with Crippen molar-refractivity contribution < 1.29 is 50.1 Å². The molecule has 0 spiro atoms. The molecule has 0 radical (unpaired) electrons. The Morgan fingerprint density at radius 1 is 0.917 bits per heavy atom. The normalized spacial score (nSPS) is 17.9. The summed E-state index contributed by atoms with van der Waals surface area (Å²) in [6, 6.07) is 2.88. The minimum atomic E-state index is -5.11. The third kappa shape index (κ3) is 5.21. The van der Waals surface area contributed by atoms with Gasteiger partial charge >= 0.3 is 18.4 Å². The molecular formula is C24H23F6NO5. The van der Waals surface area contributed by atoms with Gasteiger partial charge in [-0.25, -0.2) is 4.79 Å². The van der Waals surface area contributed by atoms with Crippen molar-refractivity contribution in [3.63, 3.8) is 0 Å². The van der Waals surface area contributed by atoms with Crippen molar-refractivity contribution >= 4 is 17.6 Å². The zero-order valence-corrected chi connectivity index (χ0v) is 19.7. The molecule has 0 fully saturated rings. The molecule has 3 rings (SSSR count). The van der Waals surface area contributed by atoms with Crippen molar-refractivity contribution in [1.82, 2.24) is 0 Å². The van der Waals surface area contributed by atoms with Crippen LogP contribution in [0.5, 0.6) is 11.5 Å². The molecule has 1 heterocycles. The number of anilines is 1. The summed E-state index contributed by atoms with van der Waals surface area (Å²) in [4.78, 5) is 27.4. The highest BCUT2D eigenvalue weighted by atomic mass is 19.4. The number of nitrogens with zero attached hydrogens (tertiary/aromatic N) is 1. The van der Waals surface area contributed by atoms with E-state index in [-0.39, 0.29) is 41.8 Å². The molecule has 2 atom stereocenters. The number of ketones is 1. The van der Waals surface area contributed by atoms with E-state index >= 15 is 0 Å². The third-order valence-corrected chi connectivity index (χ3v) is 5.84. The van der Waals surface area contributed by atoms with Gasteiger partial charge < -0.3 is 14.2 Å². The summed E-state index contributed by atoms with van der Waals surface area (Å²) < 4.78 is 95.9. The second kappa shape index (κ2) is 9.90. The highest BCUT2D eigenvalue weighted by molar-refractivity contribution is 6.04. The predicted octanol–water partition coefficient (Wildman–Crippen LogP) is 6.46. The van der Waals surface area contributed by atoms with Crippen LogP contribution in [0.25, 0.3) is 0 Å². The molecule has 0 bridgehead atoms. The van der Waals surface area contributed by atoms with Gasteiger partial charge in [0.2, 0.25) is 0 Å². The summed E-state index contributed by atoms with van der Waals surface area (Å²) in [5.41, 5.74) is -3.59. The van der Waals surface area contributed by atoms with Crippen LogP contribution in [-0.2, 0) is 17.1 Å². The van der Waals surface area contributed by atoms with Gasteiger partial charge in [0.05, 0.1) is 43.6 Å². The quantitative estimate of drug-likeness (QED) is 0.335. The van der Waals surface area contributed by atoms with Crippen LogP contribution in [0.3, 0.4) is 0 Å². The number of ether oxygens (including phenoxy) is 3. The van der Waals surface area contributed by atoms with Gasteiger partial charge in [0, 0.05) is 17.7 Å². The molecule has 2 aromatic rings. The summed E-state index contributed by atoms with van der Waals surface area (Å²) >= 11 is 0. The lowest BCUT2D eigenvalue weighted by atomic mass is 9.80. The SMILES string of the molecule is CCOC(=O)N1c2cc(OC)c(OC)cc2[C@H](C(=O)c2cc(C(F)(F)F)cc(C(F)(F)F)c2)C[C@@H]1C. The second-order valence-corrected chi connectivity index (χ2v) is 8.13. The topological polar surface area (TPSA) is 65.1 Å². The Balaban J connectivity index is 2.21. The lowest BCUT2D eigenvalue weighted by Crippen LogP contribution is -2.44. The number of hydrogen-bond acceptors (Lipinski definition) is 5. The van der Waals surface area contributed by atoms with Crippen molar-refractivity contribution in [3.8, 4) is 11.5 Å². The second-order valence-electron chi connectivity index (χ2n) is 8.13. The zero-order valence-electron chi connectivity index (χ0n) is 19.7. The zero-order chi connectivity index (χ0) is 27.0. The average Bonchev–Trinajstić information content (AvgIpc) is 2.80. The number of carbonyl (C=O) groups is 2. The average molecular weight is 519 g/mol. The molecule has 36 heavy (non-hydrogen) atoms. The molecular weight excluding hydrogens is 496 g/mol. The minimum Gasteiger partial charge on any atom is -0.493 e. The molecule has 0 saturated heterocycles. The fourth-order valence-corrected chi connectivity index (χ4v) is 4.20. The van der Waals surface area contributed by atoms with Crippen molar-refractivity contribution in [1.29, 1.82) is 0 Å². The molecule has 0 aliphatic carbocycles. The molecule has 6 nitrogen and oxygen atoms in total. The maximum atomic E-state index is 13.5. The van der Waals surface area contributed by atoms with Crippen molar-refractivity contribution in [3.05, 3.63) is 52.6 Å². The van der Waals surface area contributed by atoms with Gasteiger partial charge in [-0.2, -0.15) is 26.3 Å². The summed E-state index contributed by atoms with van der Waals surface area (Å²) in [6.07, 6.45) is -11.0. The molecule has 2 aromatic carbocycles. The first kappa shape index (κ1) is 27.2. The van der Waals surface area contributed by atoms with Crippen LogP contribution < -0.4 is 14.4 Å². The lowest BCUT2D eigenvalue weighted by molar-refractivity contribution is -0.143. The summed E-state index contributed by atoms with van der Waals surface area (Å²) in [6.45, 7) is 3.24. The number of halogens is 6. The summed E-state index contributed by atoms with van der Waals surface area (Å²) in [5, 5.41) is 0. The van der Waals surface area contributed by atoms with Gasteiger partial charge in [0.15, 0.2) is 17.3 Å². The first-order chi connectivity index (χ1) is 16.7. The van der Waals surface area contributed by atoms with E-state index in [0.717, 1.165) is 0 Å². The third-order valence-electron chi connectivity index (χ3n) is 5.84. The molecule has 0 saturated carbocycles. The number of carbonyl (C=O) groups excluding carboxylic acids is 2. The Hall–Kier alpha value is -3.44. The fourth-order valence-electron chi connectivity index (χ4n) is 4.20. The lowest BCUT2D eigenvalue weighted by Gasteiger charge is -2.38. The monoisotopic (exact) mass is 519 g/mol. The smallest absolute Gasteiger partial charge is 0.416 e. The standard InChI is InChI=1S/C24H23F6NO5/c1-5-36-22(33)31-12(2)6-17(16-10-19(34-3)20(35-4)11-18(16)31)21(32)13-7-14(23(25,26)27)9-15(8-13)24(28,29)30/h7-12,17H,5-6H2,1-4H3/t12-,17+/m0/s1. The number of fused-ring (bicyclic) bond motifs is 1. The van der Waals surface area contributed by atoms with Crippen molar-refractivity contribution in [2.24, 2.45) is 0 Å². The Kier molecular flexibility index (Phi) is 7.47. The summed E-state index contributed by atoms with van der Waals surface area (Å²) in [5.74, 6) is -1.78. The Labute approximate surface area is 202 Å². The molecule has 1 aliphatic rings. The fraction of sp³-hybridized carbons (Fsp3) is 0.417. The number of methoxy groups -OCH3 is 2. The number of rotatable bonds is 5.